The predicted octanol–water partition coefficient (Wildman–Crippen LogP) is 3.87. The van der Waals surface area contributed by atoms with Crippen LogP contribution in [0.4, 0.5) is 0 Å². The largest absolute Gasteiger partial charge is 0.486 e. The quantitative estimate of drug-likeness (QED) is 0.649. The minimum Gasteiger partial charge on any atom is -0.486 e. The maximum Gasteiger partial charge on any atom is 0.266 e. The van der Waals surface area contributed by atoms with Crippen molar-refractivity contribution in [3.05, 3.63) is 47.0 Å². The molecular weight excluding hydrogens is 348 g/mol. The van der Waals surface area contributed by atoms with Crippen LogP contribution in [0, 0.1) is 0 Å². The molecule has 0 saturated heterocycles. The van der Waals surface area contributed by atoms with E-state index in [1.807, 2.05) is 6.26 Å². The van der Waals surface area contributed by atoms with Crippen molar-refractivity contribution >= 4 is 40.3 Å². The summed E-state index contributed by atoms with van der Waals surface area (Å²) in [6, 6.07) is 10.6. The molecule has 0 bridgehead atoms. The topological polar surface area (TPSA) is 53.4 Å². The third kappa shape index (κ3) is 2.42. The molecule has 0 fully saturated rings. The monoisotopic (exact) mass is 360 g/mol. The number of carbonyl (C=O) groups is 1. The minimum absolute atomic E-state index is 0.218. The summed E-state index contributed by atoms with van der Waals surface area (Å²) >= 11 is 7.59. The van der Waals surface area contributed by atoms with Crippen molar-refractivity contribution in [3.63, 3.8) is 0 Å². The van der Waals surface area contributed by atoms with Crippen LogP contribution in [-0.4, -0.2) is 34.9 Å². The number of benzene rings is 2. The molecule has 2 aromatic carbocycles. The van der Waals surface area contributed by atoms with Crippen molar-refractivity contribution in [1.29, 1.82) is 0 Å². The highest BCUT2D eigenvalue weighted by molar-refractivity contribution is 7.98. The Hall–Kier alpha value is -2.18. The molecule has 0 atom stereocenters. The van der Waals surface area contributed by atoms with Crippen molar-refractivity contribution in [2.24, 2.45) is 0 Å². The number of ether oxygens (including phenoxy) is 2. The summed E-state index contributed by atoms with van der Waals surface area (Å²) in [5.41, 5.74) is 1.79. The average molecular weight is 361 g/mol. The number of hydrogen-bond donors (Lipinski definition) is 0. The van der Waals surface area contributed by atoms with Crippen LogP contribution in [0.25, 0.3) is 11.0 Å². The van der Waals surface area contributed by atoms with Gasteiger partial charge in [0.15, 0.2) is 16.7 Å². The Bertz CT molecular complexity index is 954. The Kier molecular flexibility index (Phi) is 3.86. The molecule has 1 aliphatic heterocycles. The van der Waals surface area contributed by atoms with Crippen LogP contribution in [0.5, 0.6) is 11.5 Å². The summed E-state index contributed by atoms with van der Waals surface area (Å²) in [6.45, 7) is 0.994. The molecule has 122 valence electrons. The van der Waals surface area contributed by atoms with Crippen molar-refractivity contribution < 1.29 is 14.3 Å². The number of fused-ring (bicyclic) bond motifs is 2. The number of hydrogen-bond acceptors (Lipinski definition) is 5. The van der Waals surface area contributed by atoms with E-state index in [0.717, 1.165) is 0 Å². The van der Waals surface area contributed by atoms with Gasteiger partial charge in [0.25, 0.3) is 5.91 Å². The van der Waals surface area contributed by atoms with Gasteiger partial charge in [-0.15, -0.1) is 0 Å². The van der Waals surface area contributed by atoms with Crippen LogP contribution < -0.4 is 9.47 Å². The Labute approximate surface area is 147 Å². The van der Waals surface area contributed by atoms with E-state index in [0.29, 0.717) is 51.5 Å². The second kappa shape index (κ2) is 6.03. The molecule has 2 heterocycles. The predicted molar refractivity (Wildman–Crippen MR) is 93.7 cm³/mol. The molecule has 0 spiro atoms. The molecule has 4 rings (SSSR count). The highest BCUT2D eigenvalue weighted by Crippen LogP contribution is 2.36. The second-order valence-corrected chi connectivity index (χ2v) is 6.38. The lowest BCUT2D eigenvalue weighted by molar-refractivity contribution is 0.0955. The van der Waals surface area contributed by atoms with Crippen molar-refractivity contribution in [2.45, 2.75) is 5.16 Å². The normalized spacial score (nSPS) is 13.2. The van der Waals surface area contributed by atoms with E-state index in [1.54, 1.807) is 41.0 Å². The third-order valence-corrected chi connectivity index (χ3v) is 4.75. The van der Waals surface area contributed by atoms with E-state index in [9.17, 15) is 4.79 Å². The van der Waals surface area contributed by atoms with Gasteiger partial charge in [0.1, 0.15) is 13.2 Å². The van der Waals surface area contributed by atoms with Crippen molar-refractivity contribution in [3.8, 4) is 11.5 Å². The zero-order chi connectivity index (χ0) is 16.7. The number of imidazole rings is 1. The van der Waals surface area contributed by atoms with E-state index < -0.39 is 0 Å². The molecule has 0 unspecified atom stereocenters. The van der Waals surface area contributed by atoms with E-state index >= 15 is 0 Å². The van der Waals surface area contributed by atoms with Crippen LogP contribution >= 0.6 is 23.4 Å². The van der Waals surface area contributed by atoms with E-state index in [-0.39, 0.29) is 5.91 Å². The molecule has 5 nitrogen and oxygen atoms in total. The summed E-state index contributed by atoms with van der Waals surface area (Å²) < 4.78 is 12.8. The molecule has 3 aromatic rings. The van der Waals surface area contributed by atoms with Gasteiger partial charge in [-0.1, -0.05) is 35.5 Å². The number of rotatable bonds is 2. The van der Waals surface area contributed by atoms with Gasteiger partial charge in [0, 0.05) is 12.1 Å². The molecule has 7 heteroatoms. The van der Waals surface area contributed by atoms with Gasteiger partial charge in [0.2, 0.25) is 0 Å². The molecule has 1 aliphatic rings. The van der Waals surface area contributed by atoms with Crippen LogP contribution in [0.15, 0.2) is 41.6 Å². The third-order valence-electron chi connectivity index (χ3n) is 3.78. The van der Waals surface area contributed by atoms with Gasteiger partial charge >= 0.3 is 0 Å². The maximum absolute atomic E-state index is 13.0. The first-order chi connectivity index (χ1) is 11.7. The fourth-order valence-electron chi connectivity index (χ4n) is 2.68. The second-order valence-electron chi connectivity index (χ2n) is 5.20. The Morgan fingerprint density at radius 2 is 1.92 bits per heavy atom. The van der Waals surface area contributed by atoms with Gasteiger partial charge in [0.05, 0.1) is 21.6 Å². The molecule has 1 aromatic heterocycles. The first-order valence-corrected chi connectivity index (χ1v) is 8.94. The molecular formula is C17H13ClN2O3S. The summed E-state index contributed by atoms with van der Waals surface area (Å²) in [6.07, 6.45) is 1.88. The zero-order valence-electron chi connectivity index (χ0n) is 12.8. The molecule has 0 radical (unpaired) electrons. The standard InChI is InChI=1S/C17H13ClN2O3S/c1-24-17-19-12-8-14-15(23-7-6-22-14)9-13(12)20(17)16(21)10-4-2-3-5-11(10)18/h2-5,8-9H,6-7H2,1H3. The number of carbonyl (C=O) groups excluding carboxylic acids is 1. The van der Waals surface area contributed by atoms with E-state index in [1.165, 1.54) is 11.8 Å². The number of thioether (sulfide) groups is 1. The fourth-order valence-corrected chi connectivity index (χ4v) is 3.45. The van der Waals surface area contributed by atoms with E-state index in [4.69, 9.17) is 21.1 Å². The minimum atomic E-state index is -0.218. The Morgan fingerprint density at radius 1 is 1.21 bits per heavy atom. The first-order valence-electron chi connectivity index (χ1n) is 7.34. The lowest BCUT2D eigenvalue weighted by Crippen LogP contribution is -2.16. The van der Waals surface area contributed by atoms with Gasteiger partial charge in [-0.25, -0.2) is 4.98 Å². The van der Waals surface area contributed by atoms with Gasteiger partial charge in [-0.2, -0.15) is 0 Å². The lowest BCUT2D eigenvalue weighted by Gasteiger charge is -2.18. The fraction of sp³-hybridized carbons (Fsp3) is 0.176. The highest BCUT2D eigenvalue weighted by atomic mass is 35.5. The number of aromatic nitrogens is 2. The first kappa shape index (κ1) is 15.4. The summed E-state index contributed by atoms with van der Waals surface area (Å²) in [5, 5.41) is 1.01. The van der Waals surface area contributed by atoms with Crippen LogP contribution in [0.1, 0.15) is 10.4 Å². The maximum atomic E-state index is 13.0. The van der Waals surface area contributed by atoms with Crippen molar-refractivity contribution in [2.75, 3.05) is 19.5 Å². The van der Waals surface area contributed by atoms with Crippen LogP contribution in [0.2, 0.25) is 5.02 Å². The average Bonchev–Trinajstić information content (AvgIpc) is 2.97. The smallest absolute Gasteiger partial charge is 0.266 e. The summed E-state index contributed by atoms with van der Waals surface area (Å²) in [5.74, 6) is 1.05. The van der Waals surface area contributed by atoms with Crippen LogP contribution in [0.3, 0.4) is 0 Å². The lowest BCUT2D eigenvalue weighted by atomic mass is 10.2. The Morgan fingerprint density at radius 3 is 2.62 bits per heavy atom. The molecule has 24 heavy (non-hydrogen) atoms. The highest BCUT2D eigenvalue weighted by Gasteiger charge is 2.23. The van der Waals surface area contributed by atoms with Gasteiger partial charge in [-0.05, 0) is 18.4 Å². The summed E-state index contributed by atoms with van der Waals surface area (Å²) in [7, 11) is 0. The van der Waals surface area contributed by atoms with Crippen molar-refractivity contribution in [1.82, 2.24) is 9.55 Å². The SMILES string of the molecule is CSc1nc2cc3c(cc2n1C(=O)c1ccccc1Cl)OCCO3. The molecule has 0 aliphatic carbocycles. The number of nitrogens with zero attached hydrogens (tertiary/aromatic N) is 2. The van der Waals surface area contributed by atoms with Gasteiger partial charge in [-0.3, -0.25) is 9.36 Å². The summed E-state index contributed by atoms with van der Waals surface area (Å²) in [4.78, 5) is 17.6. The Balaban J connectivity index is 1.93. The molecule has 0 amide bonds. The number of halogens is 1. The molecule has 0 saturated carbocycles. The van der Waals surface area contributed by atoms with Crippen LogP contribution in [-0.2, 0) is 0 Å². The van der Waals surface area contributed by atoms with Gasteiger partial charge < -0.3 is 9.47 Å². The molecule has 0 N–H and O–H groups in total. The van der Waals surface area contributed by atoms with E-state index in [2.05, 4.69) is 4.98 Å². The zero-order valence-corrected chi connectivity index (χ0v) is 14.4.